The Kier molecular flexibility index (Phi) is 8.61. The lowest BCUT2D eigenvalue weighted by Gasteiger charge is -1.98. The van der Waals surface area contributed by atoms with Crippen LogP contribution in [0.3, 0.4) is 0 Å². The second kappa shape index (κ2) is 9.61. The molecule has 0 aliphatic rings. The summed E-state index contributed by atoms with van der Waals surface area (Å²) in [5.74, 6) is 0.874. The summed E-state index contributed by atoms with van der Waals surface area (Å²) in [4.78, 5) is 9.78. The SMILES string of the molecule is CCCn1ncc([N+](=O)[O-])c1N.CCCn1nccc1N.Cl. The van der Waals surface area contributed by atoms with E-state index in [1.54, 1.807) is 16.9 Å². The van der Waals surface area contributed by atoms with Gasteiger partial charge in [0.05, 0.1) is 11.1 Å². The monoisotopic (exact) mass is 331 g/mol. The van der Waals surface area contributed by atoms with Gasteiger partial charge in [-0.05, 0) is 18.9 Å². The maximum Gasteiger partial charge on any atom is 0.330 e. The summed E-state index contributed by atoms with van der Waals surface area (Å²) in [5.41, 5.74) is 10.9. The third kappa shape index (κ3) is 5.24. The van der Waals surface area contributed by atoms with E-state index in [9.17, 15) is 10.1 Å². The molecule has 124 valence electrons. The van der Waals surface area contributed by atoms with Crippen LogP contribution in [-0.4, -0.2) is 24.5 Å². The average Bonchev–Trinajstić information content (AvgIpc) is 2.99. The third-order valence-electron chi connectivity index (χ3n) is 2.68. The second-order valence-electron chi connectivity index (χ2n) is 4.37. The van der Waals surface area contributed by atoms with Crippen molar-refractivity contribution >= 4 is 29.7 Å². The topological polar surface area (TPSA) is 131 Å². The molecule has 0 atom stereocenters. The molecule has 22 heavy (non-hydrogen) atoms. The van der Waals surface area contributed by atoms with Gasteiger partial charge in [0, 0.05) is 13.1 Å². The summed E-state index contributed by atoms with van der Waals surface area (Å²) in [6, 6.07) is 1.80. The molecule has 0 aromatic carbocycles. The Morgan fingerprint density at radius 1 is 1.18 bits per heavy atom. The predicted octanol–water partition coefficient (Wildman–Crippen LogP) is 2.08. The van der Waals surface area contributed by atoms with Crippen LogP contribution in [0.25, 0.3) is 0 Å². The Morgan fingerprint density at radius 2 is 1.77 bits per heavy atom. The molecule has 0 amide bonds. The Balaban J connectivity index is 0.000000397. The van der Waals surface area contributed by atoms with Gasteiger partial charge in [0.15, 0.2) is 0 Å². The van der Waals surface area contributed by atoms with Crippen molar-refractivity contribution in [3.8, 4) is 0 Å². The van der Waals surface area contributed by atoms with Crippen LogP contribution in [0.2, 0.25) is 0 Å². The lowest BCUT2D eigenvalue weighted by Crippen LogP contribution is -2.04. The van der Waals surface area contributed by atoms with Gasteiger partial charge in [-0.2, -0.15) is 10.2 Å². The minimum atomic E-state index is -0.533. The maximum absolute atomic E-state index is 10.3. The van der Waals surface area contributed by atoms with E-state index in [1.807, 2.05) is 6.92 Å². The van der Waals surface area contributed by atoms with Crippen LogP contribution < -0.4 is 11.5 Å². The Bertz CT molecular complexity index is 582. The van der Waals surface area contributed by atoms with Crippen molar-refractivity contribution < 1.29 is 4.92 Å². The minimum absolute atomic E-state index is 0. The van der Waals surface area contributed by atoms with Crippen molar-refractivity contribution in [2.24, 2.45) is 0 Å². The minimum Gasteiger partial charge on any atom is -0.384 e. The Hall–Kier alpha value is -2.29. The molecule has 0 aliphatic carbocycles. The number of aromatic nitrogens is 4. The van der Waals surface area contributed by atoms with Gasteiger partial charge < -0.3 is 11.5 Å². The summed E-state index contributed by atoms with van der Waals surface area (Å²) in [6.07, 6.45) is 4.81. The van der Waals surface area contributed by atoms with Gasteiger partial charge in [0.1, 0.15) is 12.0 Å². The quantitative estimate of drug-likeness (QED) is 0.637. The predicted molar refractivity (Wildman–Crippen MR) is 87.8 cm³/mol. The Labute approximate surface area is 134 Å². The number of nitrogens with zero attached hydrogens (tertiary/aromatic N) is 5. The van der Waals surface area contributed by atoms with E-state index in [2.05, 4.69) is 17.1 Å². The molecule has 0 radical (unpaired) electrons. The molecule has 0 fully saturated rings. The van der Waals surface area contributed by atoms with Crippen LogP contribution in [0.15, 0.2) is 18.5 Å². The normalized spacial score (nSPS) is 9.55. The number of anilines is 2. The highest BCUT2D eigenvalue weighted by Crippen LogP contribution is 2.19. The van der Waals surface area contributed by atoms with Gasteiger partial charge in [-0.25, -0.2) is 4.68 Å². The van der Waals surface area contributed by atoms with Gasteiger partial charge in [-0.1, -0.05) is 13.8 Å². The van der Waals surface area contributed by atoms with E-state index in [1.165, 1.54) is 10.9 Å². The van der Waals surface area contributed by atoms with Crippen LogP contribution in [0.5, 0.6) is 0 Å². The van der Waals surface area contributed by atoms with Gasteiger partial charge in [0.25, 0.3) is 0 Å². The largest absolute Gasteiger partial charge is 0.384 e. The first-order valence-electron chi connectivity index (χ1n) is 6.74. The molecule has 2 heterocycles. The molecule has 9 nitrogen and oxygen atoms in total. The van der Waals surface area contributed by atoms with Gasteiger partial charge in [0.2, 0.25) is 5.82 Å². The molecular weight excluding hydrogens is 310 g/mol. The van der Waals surface area contributed by atoms with Gasteiger partial charge in [-0.3, -0.25) is 14.8 Å². The summed E-state index contributed by atoms with van der Waals surface area (Å²) in [7, 11) is 0. The van der Waals surface area contributed by atoms with Crippen molar-refractivity contribution in [3.05, 3.63) is 28.6 Å². The number of aryl methyl sites for hydroxylation is 2. The molecule has 4 N–H and O–H groups in total. The van der Waals surface area contributed by atoms with E-state index in [0.717, 1.165) is 25.2 Å². The summed E-state index contributed by atoms with van der Waals surface area (Å²) in [6.45, 7) is 5.58. The van der Waals surface area contributed by atoms with Crippen LogP contribution in [0.4, 0.5) is 17.3 Å². The Morgan fingerprint density at radius 3 is 2.18 bits per heavy atom. The van der Waals surface area contributed by atoms with E-state index < -0.39 is 4.92 Å². The van der Waals surface area contributed by atoms with E-state index in [0.29, 0.717) is 6.54 Å². The van der Waals surface area contributed by atoms with Crippen LogP contribution >= 0.6 is 12.4 Å². The highest BCUT2D eigenvalue weighted by molar-refractivity contribution is 5.85. The average molecular weight is 332 g/mol. The molecule has 10 heteroatoms. The molecule has 0 aliphatic heterocycles. The number of nitrogen functional groups attached to an aromatic ring is 2. The molecule has 0 bridgehead atoms. The highest BCUT2D eigenvalue weighted by Gasteiger charge is 2.16. The lowest BCUT2D eigenvalue weighted by atomic mass is 10.5. The van der Waals surface area contributed by atoms with Gasteiger partial charge in [-0.15, -0.1) is 12.4 Å². The van der Waals surface area contributed by atoms with E-state index in [-0.39, 0.29) is 23.9 Å². The molecule has 2 aromatic heterocycles. The smallest absolute Gasteiger partial charge is 0.330 e. The third-order valence-corrected chi connectivity index (χ3v) is 2.68. The second-order valence-corrected chi connectivity index (χ2v) is 4.37. The van der Waals surface area contributed by atoms with Crippen molar-refractivity contribution in [2.45, 2.75) is 39.8 Å². The first-order chi connectivity index (χ1) is 10.0. The summed E-state index contributed by atoms with van der Waals surface area (Å²) >= 11 is 0. The van der Waals surface area contributed by atoms with E-state index >= 15 is 0 Å². The molecule has 0 spiro atoms. The van der Waals surface area contributed by atoms with Crippen molar-refractivity contribution in [1.29, 1.82) is 0 Å². The zero-order chi connectivity index (χ0) is 15.8. The number of hydrogen-bond donors (Lipinski definition) is 2. The molecule has 0 saturated carbocycles. The standard InChI is InChI=1S/C6H10N4O2.C6H11N3.ClH/c1-2-3-9-6(7)5(4-8-9)10(11)12;1-2-5-9-6(7)3-4-8-9;/h4H,2-3,7H2,1H3;3-4H,2,5,7H2,1H3;1H. The molecule has 0 saturated heterocycles. The van der Waals surface area contributed by atoms with Gasteiger partial charge >= 0.3 is 5.69 Å². The number of hydrogen-bond acceptors (Lipinski definition) is 6. The number of nitro groups is 1. The first-order valence-corrected chi connectivity index (χ1v) is 6.74. The zero-order valence-corrected chi connectivity index (χ0v) is 13.5. The van der Waals surface area contributed by atoms with Crippen molar-refractivity contribution in [2.75, 3.05) is 11.5 Å². The highest BCUT2D eigenvalue weighted by atomic mass is 35.5. The first kappa shape index (κ1) is 19.7. The summed E-state index contributed by atoms with van der Waals surface area (Å²) in [5, 5.41) is 18.1. The maximum atomic E-state index is 10.3. The van der Waals surface area contributed by atoms with Crippen LogP contribution in [0.1, 0.15) is 26.7 Å². The lowest BCUT2D eigenvalue weighted by molar-refractivity contribution is -0.384. The zero-order valence-electron chi connectivity index (χ0n) is 12.7. The number of rotatable bonds is 5. The fraction of sp³-hybridized carbons (Fsp3) is 0.500. The molecular formula is C12H22ClN7O2. The summed E-state index contributed by atoms with van der Waals surface area (Å²) < 4.78 is 3.22. The fourth-order valence-electron chi connectivity index (χ4n) is 1.66. The van der Waals surface area contributed by atoms with Crippen molar-refractivity contribution in [1.82, 2.24) is 19.6 Å². The molecule has 0 unspecified atom stereocenters. The molecule has 2 aromatic rings. The number of nitrogens with two attached hydrogens (primary N) is 2. The van der Waals surface area contributed by atoms with Crippen molar-refractivity contribution in [3.63, 3.8) is 0 Å². The van der Waals surface area contributed by atoms with Crippen LogP contribution in [-0.2, 0) is 13.1 Å². The fourth-order valence-corrected chi connectivity index (χ4v) is 1.66. The van der Waals surface area contributed by atoms with Crippen LogP contribution in [0, 0.1) is 10.1 Å². The van der Waals surface area contributed by atoms with E-state index in [4.69, 9.17) is 11.5 Å². The molecule has 2 rings (SSSR count). The number of halogens is 1.